The molecule has 0 aromatic heterocycles. The molecule has 22 nitrogen and oxygen atoms in total. The maximum Gasteiger partial charge on any atom is 0.312 e. The minimum Gasteiger partial charge on any atom is -0.481 e. The molecule has 0 radical (unpaired) electrons. The predicted molar refractivity (Wildman–Crippen MR) is 206 cm³/mol. The summed E-state index contributed by atoms with van der Waals surface area (Å²) in [5.74, 6) is -2.61. The van der Waals surface area contributed by atoms with Crippen molar-refractivity contribution in [3.8, 4) is 0 Å². The SMILES string of the molecule is CNC(CCCCNC(=O)COCCOCCNC(=O)COCCOCCOCCOCCOCCOCCOCCOCCOCCNC(=O)CC(=O)O)C(N)=O. The average molecular weight is 844 g/mol. The number of aliphatic carboxylic acids is 1. The van der Waals surface area contributed by atoms with Gasteiger partial charge in [0.25, 0.3) is 0 Å². The Morgan fingerprint density at radius 1 is 0.448 bits per heavy atom. The summed E-state index contributed by atoms with van der Waals surface area (Å²) in [7, 11) is 1.68. The Labute approximate surface area is 341 Å². The summed E-state index contributed by atoms with van der Waals surface area (Å²) in [4.78, 5) is 56.3. The van der Waals surface area contributed by atoms with E-state index < -0.39 is 18.3 Å². The lowest BCUT2D eigenvalue weighted by atomic mass is 10.1. The van der Waals surface area contributed by atoms with E-state index in [0.29, 0.717) is 125 Å². The van der Waals surface area contributed by atoms with Crippen LogP contribution >= 0.6 is 0 Å². The van der Waals surface area contributed by atoms with Crippen molar-refractivity contribution in [3.05, 3.63) is 0 Å². The molecule has 0 fully saturated rings. The molecule has 0 aromatic rings. The standard InChI is InChI=1S/C36H69N5O17/c1-38-31(36(37)47)4-2-3-5-39-33(43)29-57-26-24-49-9-7-41-34(44)30-58-27-25-56-23-22-55-21-20-54-19-18-53-17-16-52-15-14-51-13-12-50-11-10-48-8-6-40-32(42)28-35(45)46/h31,38H,2-30H2,1H3,(H2,37,47)(H,39,43)(H,40,42)(H,41,44)(H,45,46). The fourth-order valence-electron chi connectivity index (χ4n) is 4.27. The molecule has 7 N–H and O–H groups in total. The highest BCUT2D eigenvalue weighted by Crippen LogP contribution is 1.99. The van der Waals surface area contributed by atoms with Gasteiger partial charge < -0.3 is 84.2 Å². The third kappa shape index (κ3) is 42.5. The molecule has 0 saturated heterocycles. The molecular formula is C36H69N5O17. The van der Waals surface area contributed by atoms with Crippen LogP contribution in [-0.2, 0) is 76.1 Å². The van der Waals surface area contributed by atoms with Crippen LogP contribution in [0.15, 0.2) is 0 Å². The summed E-state index contributed by atoms with van der Waals surface area (Å²) < 4.78 is 59.2. The van der Waals surface area contributed by atoms with Crippen molar-refractivity contribution in [3.63, 3.8) is 0 Å². The molecule has 0 aliphatic carbocycles. The first-order valence-electron chi connectivity index (χ1n) is 19.6. The van der Waals surface area contributed by atoms with Gasteiger partial charge >= 0.3 is 5.97 Å². The number of nitrogens with one attached hydrogen (secondary N) is 4. The number of primary amides is 1. The molecule has 58 heavy (non-hydrogen) atoms. The van der Waals surface area contributed by atoms with Gasteiger partial charge in [0.1, 0.15) is 19.6 Å². The van der Waals surface area contributed by atoms with Gasteiger partial charge in [-0.25, -0.2) is 0 Å². The van der Waals surface area contributed by atoms with Crippen LogP contribution in [0.5, 0.6) is 0 Å². The van der Waals surface area contributed by atoms with Crippen LogP contribution in [0.4, 0.5) is 0 Å². The number of likely N-dealkylation sites (N-methyl/N-ethyl adjacent to an activating group) is 1. The monoisotopic (exact) mass is 843 g/mol. The van der Waals surface area contributed by atoms with Gasteiger partial charge in [0, 0.05) is 19.6 Å². The van der Waals surface area contributed by atoms with Crippen LogP contribution in [0.25, 0.3) is 0 Å². The molecule has 0 heterocycles. The molecule has 0 spiro atoms. The molecule has 0 rings (SSSR count). The summed E-state index contributed by atoms with van der Waals surface area (Å²) in [6, 6.07) is -0.361. The molecule has 0 aliphatic heterocycles. The minimum absolute atomic E-state index is 0.0747. The van der Waals surface area contributed by atoms with Crippen LogP contribution in [-0.4, -0.2) is 213 Å². The van der Waals surface area contributed by atoms with E-state index in [1.807, 2.05) is 0 Å². The summed E-state index contributed by atoms with van der Waals surface area (Å²) >= 11 is 0. The van der Waals surface area contributed by atoms with E-state index in [-0.39, 0.29) is 69.9 Å². The second-order valence-corrected chi connectivity index (χ2v) is 12.0. The molecule has 0 aromatic carbocycles. The molecule has 0 aliphatic rings. The number of ether oxygens (including phenoxy) is 11. The van der Waals surface area contributed by atoms with Crippen molar-refractivity contribution < 1.29 is 81.2 Å². The lowest BCUT2D eigenvalue weighted by Crippen LogP contribution is -2.39. The fraction of sp³-hybridized carbons (Fsp3) is 0.861. The zero-order valence-electron chi connectivity index (χ0n) is 34.1. The Morgan fingerprint density at radius 3 is 1.09 bits per heavy atom. The van der Waals surface area contributed by atoms with Gasteiger partial charge in [-0.05, 0) is 26.3 Å². The quantitative estimate of drug-likeness (QED) is 0.0267. The van der Waals surface area contributed by atoms with Gasteiger partial charge in [0.15, 0.2) is 0 Å². The summed E-state index contributed by atoms with van der Waals surface area (Å²) in [6.07, 6.45) is 1.54. The van der Waals surface area contributed by atoms with Gasteiger partial charge in [-0.2, -0.15) is 0 Å². The average Bonchev–Trinajstić information content (AvgIpc) is 3.19. The number of hydrogen-bond donors (Lipinski definition) is 6. The zero-order valence-corrected chi connectivity index (χ0v) is 34.1. The Bertz CT molecular complexity index is 1020. The van der Waals surface area contributed by atoms with Crippen molar-refractivity contribution in [2.45, 2.75) is 31.7 Å². The Kier molecular flexibility index (Phi) is 41.1. The number of nitrogens with two attached hydrogens (primary N) is 1. The maximum atomic E-state index is 11.8. The Morgan fingerprint density at radius 2 is 0.759 bits per heavy atom. The molecule has 22 heteroatoms. The van der Waals surface area contributed by atoms with E-state index in [4.69, 9.17) is 62.9 Å². The molecule has 4 amide bonds. The first-order chi connectivity index (χ1) is 28.3. The van der Waals surface area contributed by atoms with Gasteiger partial charge in [0.05, 0.1) is 138 Å². The highest BCUT2D eigenvalue weighted by atomic mass is 16.6. The van der Waals surface area contributed by atoms with E-state index in [1.165, 1.54) is 0 Å². The minimum atomic E-state index is -1.17. The summed E-state index contributed by atoms with van der Waals surface area (Å²) in [6.45, 7) is 8.43. The number of carboxylic acid groups (broad SMARTS) is 1. The normalized spacial score (nSPS) is 11.7. The summed E-state index contributed by atoms with van der Waals surface area (Å²) in [5, 5.41) is 19.2. The van der Waals surface area contributed by atoms with Gasteiger partial charge in [-0.15, -0.1) is 0 Å². The Balaban J connectivity index is 3.24. The van der Waals surface area contributed by atoms with E-state index >= 15 is 0 Å². The Hall–Kier alpha value is -3.13. The number of rotatable bonds is 46. The smallest absolute Gasteiger partial charge is 0.312 e. The van der Waals surface area contributed by atoms with Crippen LogP contribution < -0.4 is 27.0 Å². The van der Waals surface area contributed by atoms with E-state index in [9.17, 15) is 24.0 Å². The molecule has 0 bridgehead atoms. The molecule has 0 saturated carbocycles. The van der Waals surface area contributed by atoms with Crippen LogP contribution in [0.1, 0.15) is 25.7 Å². The van der Waals surface area contributed by atoms with Gasteiger partial charge in [0.2, 0.25) is 23.6 Å². The van der Waals surface area contributed by atoms with Crippen LogP contribution in [0.2, 0.25) is 0 Å². The third-order valence-corrected chi connectivity index (χ3v) is 7.20. The highest BCUT2D eigenvalue weighted by molar-refractivity contribution is 5.93. The second-order valence-electron chi connectivity index (χ2n) is 12.0. The van der Waals surface area contributed by atoms with Gasteiger partial charge in [-0.1, -0.05) is 0 Å². The van der Waals surface area contributed by atoms with Crippen LogP contribution in [0, 0.1) is 0 Å². The van der Waals surface area contributed by atoms with Crippen molar-refractivity contribution in [2.24, 2.45) is 5.73 Å². The number of carboxylic acids is 1. The lowest BCUT2D eigenvalue weighted by molar-refractivity contribution is -0.141. The van der Waals surface area contributed by atoms with Crippen LogP contribution in [0.3, 0.4) is 0 Å². The largest absolute Gasteiger partial charge is 0.481 e. The number of unbranched alkanes of at least 4 members (excludes halogenated alkanes) is 1. The topological polar surface area (TPSA) is 281 Å². The number of hydrogen-bond acceptors (Lipinski definition) is 17. The first-order valence-corrected chi connectivity index (χ1v) is 19.6. The highest BCUT2D eigenvalue weighted by Gasteiger charge is 2.11. The van der Waals surface area contributed by atoms with E-state index in [1.54, 1.807) is 7.05 Å². The fourth-order valence-corrected chi connectivity index (χ4v) is 4.27. The first kappa shape index (κ1) is 54.9. The van der Waals surface area contributed by atoms with E-state index in [2.05, 4.69) is 21.3 Å². The number of amides is 4. The molecule has 1 unspecified atom stereocenters. The van der Waals surface area contributed by atoms with Crippen molar-refractivity contribution >= 4 is 29.6 Å². The third-order valence-electron chi connectivity index (χ3n) is 7.20. The number of carbonyl (C=O) groups excluding carboxylic acids is 4. The predicted octanol–water partition coefficient (Wildman–Crippen LogP) is -2.76. The molecule has 340 valence electrons. The van der Waals surface area contributed by atoms with Crippen molar-refractivity contribution in [1.29, 1.82) is 0 Å². The number of carbonyl (C=O) groups is 5. The second kappa shape index (κ2) is 43.4. The van der Waals surface area contributed by atoms with Gasteiger partial charge in [-0.3, -0.25) is 24.0 Å². The van der Waals surface area contributed by atoms with Crippen molar-refractivity contribution in [1.82, 2.24) is 21.3 Å². The molecular weight excluding hydrogens is 774 g/mol. The lowest BCUT2D eigenvalue weighted by Gasteiger charge is -2.12. The zero-order chi connectivity index (χ0) is 42.6. The maximum absolute atomic E-state index is 11.8. The molecule has 1 atom stereocenters. The van der Waals surface area contributed by atoms with E-state index in [0.717, 1.165) is 12.8 Å². The summed E-state index contributed by atoms with van der Waals surface area (Å²) in [5.41, 5.74) is 5.27. The van der Waals surface area contributed by atoms with Crippen molar-refractivity contribution in [2.75, 3.05) is 172 Å².